The lowest BCUT2D eigenvalue weighted by Crippen LogP contribution is -2.55. The number of nitrogens with zero attached hydrogens (tertiary/aromatic N) is 1. The zero-order valence-electron chi connectivity index (χ0n) is 10.3. The second-order valence-corrected chi connectivity index (χ2v) is 7.25. The molecule has 96 valence electrons. The third-order valence-electron chi connectivity index (χ3n) is 3.19. The van der Waals surface area contributed by atoms with Gasteiger partial charge in [0.1, 0.15) is 0 Å². The second-order valence-electron chi connectivity index (χ2n) is 4.65. The van der Waals surface area contributed by atoms with Gasteiger partial charge < -0.3 is 0 Å². The average Bonchev–Trinajstić information content (AvgIpc) is 2.25. The molecule has 0 bridgehead atoms. The van der Waals surface area contributed by atoms with Crippen molar-refractivity contribution < 1.29 is 8.42 Å². The molecule has 1 aromatic rings. The van der Waals surface area contributed by atoms with Crippen molar-refractivity contribution in [3.05, 3.63) is 30.1 Å². The van der Waals surface area contributed by atoms with Crippen LogP contribution in [0.2, 0.25) is 0 Å². The first-order valence-electron chi connectivity index (χ1n) is 5.33. The van der Waals surface area contributed by atoms with E-state index >= 15 is 0 Å². The molecule has 1 aromatic heterocycles. The van der Waals surface area contributed by atoms with E-state index < -0.39 is 14.6 Å². The van der Waals surface area contributed by atoms with Crippen LogP contribution in [0.5, 0.6) is 0 Å². The number of sulfone groups is 1. The third-order valence-corrected chi connectivity index (χ3v) is 5.38. The topological polar surface area (TPSA) is 85.1 Å². The molecular formula is C11H19N3O2S. The molecule has 0 saturated carbocycles. The van der Waals surface area contributed by atoms with Crippen molar-refractivity contribution in [2.75, 3.05) is 6.26 Å². The van der Waals surface area contributed by atoms with Crippen LogP contribution in [0.25, 0.3) is 0 Å². The van der Waals surface area contributed by atoms with Gasteiger partial charge in [-0.05, 0) is 38.0 Å². The van der Waals surface area contributed by atoms with Crippen LogP contribution in [0.15, 0.2) is 24.5 Å². The molecule has 0 aliphatic rings. The van der Waals surface area contributed by atoms with Gasteiger partial charge in [-0.25, -0.2) is 8.42 Å². The minimum Gasteiger partial charge on any atom is -0.271 e. The van der Waals surface area contributed by atoms with E-state index in [-0.39, 0.29) is 6.04 Å². The van der Waals surface area contributed by atoms with Crippen LogP contribution >= 0.6 is 0 Å². The van der Waals surface area contributed by atoms with Crippen molar-refractivity contribution in [3.63, 3.8) is 0 Å². The molecule has 0 spiro atoms. The third kappa shape index (κ3) is 3.24. The zero-order chi connectivity index (χ0) is 13.1. The van der Waals surface area contributed by atoms with Crippen LogP contribution in [0.3, 0.4) is 0 Å². The highest BCUT2D eigenvalue weighted by Crippen LogP contribution is 2.22. The fourth-order valence-corrected chi connectivity index (χ4v) is 2.19. The molecule has 1 heterocycles. The van der Waals surface area contributed by atoms with Crippen molar-refractivity contribution in [1.82, 2.24) is 10.4 Å². The standard InChI is InChI=1S/C11H19N3O2S/c1-11(2,17(3,15)16)10(14-12)8-9-4-6-13-7-5-9/h4-7,10,14H,8,12H2,1-3H3. The Kier molecular flexibility index (Phi) is 4.24. The number of nitrogens with one attached hydrogen (secondary N) is 1. The molecule has 0 radical (unpaired) electrons. The zero-order valence-corrected chi connectivity index (χ0v) is 11.2. The molecule has 1 unspecified atom stereocenters. The van der Waals surface area contributed by atoms with E-state index in [1.807, 2.05) is 12.1 Å². The molecule has 0 saturated heterocycles. The second kappa shape index (κ2) is 5.12. The summed E-state index contributed by atoms with van der Waals surface area (Å²) in [5, 5.41) is 0. The number of rotatable bonds is 5. The Morgan fingerprint density at radius 1 is 1.41 bits per heavy atom. The molecule has 0 aromatic carbocycles. The summed E-state index contributed by atoms with van der Waals surface area (Å²) >= 11 is 0. The first-order valence-corrected chi connectivity index (χ1v) is 7.23. The average molecular weight is 257 g/mol. The van der Waals surface area contributed by atoms with Gasteiger partial charge in [0, 0.05) is 24.7 Å². The van der Waals surface area contributed by atoms with Gasteiger partial charge in [0.25, 0.3) is 0 Å². The Bertz CT molecular complexity index is 457. The molecule has 0 aliphatic heterocycles. The first-order chi connectivity index (χ1) is 7.79. The van der Waals surface area contributed by atoms with Gasteiger partial charge in [0.15, 0.2) is 9.84 Å². The summed E-state index contributed by atoms with van der Waals surface area (Å²) in [6.07, 6.45) is 5.12. The van der Waals surface area contributed by atoms with E-state index in [9.17, 15) is 8.42 Å². The maximum atomic E-state index is 11.7. The summed E-state index contributed by atoms with van der Waals surface area (Å²) in [6.45, 7) is 3.35. The lowest BCUT2D eigenvalue weighted by molar-refractivity contribution is 0.413. The van der Waals surface area contributed by atoms with E-state index in [0.717, 1.165) is 5.56 Å². The number of hydrogen-bond acceptors (Lipinski definition) is 5. The smallest absolute Gasteiger partial charge is 0.154 e. The van der Waals surface area contributed by atoms with Crippen LogP contribution in [-0.4, -0.2) is 30.4 Å². The quantitative estimate of drug-likeness (QED) is 0.584. The van der Waals surface area contributed by atoms with E-state index in [4.69, 9.17) is 5.84 Å². The van der Waals surface area contributed by atoms with Crippen molar-refractivity contribution in [1.29, 1.82) is 0 Å². The summed E-state index contributed by atoms with van der Waals surface area (Å²) in [4.78, 5) is 3.92. The van der Waals surface area contributed by atoms with Gasteiger partial charge in [-0.1, -0.05) is 0 Å². The van der Waals surface area contributed by atoms with Crippen molar-refractivity contribution in [2.24, 2.45) is 5.84 Å². The Morgan fingerprint density at radius 3 is 2.35 bits per heavy atom. The summed E-state index contributed by atoms with van der Waals surface area (Å²) in [6, 6.07) is 3.35. The Balaban J connectivity index is 2.94. The molecule has 0 amide bonds. The van der Waals surface area contributed by atoms with Crippen LogP contribution < -0.4 is 11.3 Å². The van der Waals surface area contributed by atoms with Gasteiger partial charge >= 0.3 is 0 Å². The van der Waals surface area contributed by atoms with E-state index in [2.05, 4.69) is 10.4 Å². The van der Waals surface area contributed by atoms with E-state index in [1.54, 1.807) is 26.2 Å². The van der Waals surface area contributed by atoms with Gasteiger partial charge in [0.2, 0.25) is 0 Å². The number of pyridine rings is 1. The van der Waals surface area contributed by atoms with Crippen LogP contribution in [0.1, 0.15) is 19.4 Å². The number of aromatic nitrogens is 1. The first kappa shape index (κ1) is 14.1. The Morgan fingerprint density at radius 2 is 1.94 bits per heavy atom. The predicted molar refractivity (Wildman–Crippen MR) is 68.0 cm³/mol. The monoisotopic (exact) mass is 257 g/mol. The van der Waals surface area contributed by atoms with Crippen LogP contribution in [0.4, 0.5) is 0 Å². The maximum Gasteiger partial charge on any atom is 0.154 e. The largest absolute Gasteiger partial charge is 0.271 e. The molecule has 0 fully saturated rings. The summed E-state index contributed by atoms with van der Waals surface area (Å²) < 4.78 is 22.5. The molecule has 6 heteroatoms. The minimum atomic E-state index is -3.19. The highest BCUT2D eigenvalue weighted by molar-refractivity contribution is 7.92. The number of hydrazine groups is 1. The molecular weight excluding hydrogens is 238 g/mol. The highest BCUT2D eigenvalue weighted by Gasteiger charge is 2.38. The van der Waals surface area contributed by atoms with Crippen molar-refractivity contribution in [2.45, 2.75) is 31.1 Å². The Hall–Kier alpha value is -0.980. The minimum absolute atomic E-state index is 0.347. The van der Waals surface area contributed by atoms with Gasteiger partial charge in [-0.3, -0.25) is 16.3 Å². The van der Waals surface area contributed by atoms with Crippen LogP contribution in [-0.2, 0) is 16.3 Å². The molecule has 1 atom stereocenters. The van der Waals surface area contributed by atoms with Crippen LogP contribution in [0, 0.1) is 0 Å². The lowest BCUT2D eigenvalue weighted by atomic mass is 9.97. The number of nitrogens with two attached hydrogens (primary N) is 1. The maximum absolute atomic E-state index is 11.7. The van der Waals surface area contributed by atoms with Crippen molar-refractivity contribution >= 4 is 9.84 Å². The summed E-state index contributed by atoms with van der Waals surface area (Å²) in [5.74, 6) is 5.47. The number of hydrogen-bond donors (Lipinski definition) is 2. The SMILES string of the molecule is CC(C)(C(Cc1ccncc1)NN)S(C)(=O)=O. The van der Waals surface area contributed by atoms with Gasteiger partial charge in [-0.15, -0.1) is 0 Å². The molecule has 17 heavy (non-hydrogen) atoms. The molecule has 3 N–H and O–H groups in total. The van der Waals surface area contributed by atoms with Gasteiger partial charge in [0.05, 0.1) is 4.75 Å². The normalized spacial score (nSPS) is 14.6. The van der Waals surface area contributed by atoms with E-state index in [1.165, 1.54) is 6.26 Å². The van der Waals surface area contributed by atoms with Crippen molar-refractivity contribution in [3.8, 4) is 0 Å². The Labute approximate surface area is 102 Å². The highest BCUT2D eigenvalue weighted by atomic mass is 32.2. The van der Waals surface area contributed by atoms with Gasteiger partial charge in [-0.2, -0.15) is 0 Å². The van der Waals surface area contributed by atoms with E-state index in [0.29, 0.717) is 6.42 Å². The fraction of sp³-hybridized carbons (Fsp3) is 0.545. The summed E-state index contributed by atoms with van der Waals surface area (Å²) in [7, 11) is -3.19. The molecule has 1 rings (SSSR count). The lowest BCUT2D eigenvalue weighted by Gasteiger charge is -2.32. The molecule has 5 nitrogen and oxygen atoms in total. The molecule has 0 aliphatic carbocycles. The summed E-state index contributed by atoms with van der Waals surface area (Å²) in [5.41, 5.74) is 3.60. The predicted octanol–water partition coefficient (Wildman–Crippen LogP) is 0.279. The fourth-order valence-electron chi connectivity index (χ4n) is 1.52.